The Balaban J connectivity index is 2.87. The fourth-order valence-electron chi connectivity index (χ4n) is 1.60. The first-order valence-corrected chi connectivity index (χ1v) is 5.80. The van der Waals surface area contributed by atoms with Crippen molar-refractivity contribution in [3.05, 3.63) is 39.4 Å². The molecule has 4 heteroatoms. The van der Waals surface area contributed by atoms with Gasteiger partial charge in [-0.15, -0.1) is 0 Å². The first kappa shape index (κ1) is 10.4. The van der Waals surface area contributed by atoms with Gasteiger partial charge in [-0.3, -0.25) is 4.79 Å². The SMILES string of the molecule is Cc1nc2cc(C)c(CBr)cc2c(=O)[nH]1. The molecule has 2 rings (SSSR count). The summed E-state index contributed by atoms with van der Waals surface area (Å²) in [5, 5.41) is 1.41. The Labute approximate surface area is 95.7 Å². The van der Waals surface area contributed by atoms with E-state index in [4.69, 9.17) is 0 Å². The van der Waals surface area contributed by atoms with Gasteiger partial charge in [-0.05, 0) is 37.1 Å². The number of alkyl halides is 1. The molecule has 0 spiro atoms. The summed E-state index contributed by atoms with van der Waals surface area (Å²) in [6, 6.07) is 3.85. The number of hydrogen-bond acceptors (Lipinski definition) is 2. The van der Waals surface area contributed by atoms with Gasteiger partial charge in [0.25, 0.3) is 5.56 Å². The summed E-state index contributed by atoms with van der Waals surface area (Å²) in [4.78, 5) is 18.7. The van der Waals surface area contributed by atoms with Crippen LogP contribution < -0.4 is 5.56 Å². The fraction of sp³-hybridized carbons (Fsp3) is 0.273. The first-order valence-electron chi connectivity index (χ1n) is 4.68. The molecule has 2 aromatic rings. The van der Waals surface area contributed by atoms with Crippen molar-refractivity contribution in [3.8, 4) is 0 Å². The van der Waals surface area contributed by atoms with Crippen LogP contribution in [0.15, 0.2) is 16.9 Å². The number of H-pyrrole nitrogens is 1. The molecular weight excluding hydrogens is 256 g/mol. The van der Waals surface area contributed by atoms with E-state index >= 15 is 0 Å². The van der Waals surface area contributed by atoms with Gasteiger partial charge in [-0.1, -0.05) is 15.9 Å². The van der Waals surface area contributed by atoms with Gasteiger partial charge < -0.3 is 4.98 Å². The van der Waals surface area contributed by atoms with Gasteiger partial charge in [0.2, 0.25) is 0 Å². The third-order valence-corrected chi connectivity index (χ3v) is 3.03. The summed E-state index contributed by atoms with van der Waals surface area (Å²) in [6.45, 7) is 3.81. The molecular formula is C11H11BrN2O. The van der Waals surface area contributed by atoms with Crippen LogP contribution >= 0.6 is 15.9 Å². The predicted octanol–water partition coefficient (Wildman–Crippen LogP) is 2.43. The van der Waals surface area contributed by atoms with Crippen LogP contribution in [0.5, 0.6) is 0 Å². The van der Waals surface area contributed by atoms with E-state index in [9.17, 15) is 4.79 Å². The van der Waals surface area contributed by atoms with Crippen LogP contribution in [0.25, 0.3) is 10.9 Å². The molecule has 0 bridgehead atoms. The minimum absolute atomic E-state index is 0.0697. The second kappa shape index (κ2) is 3.77. The van der Waals surface area contributed by atoms with Gasteiger partial charge >= 0.3 is 0 Å². The first-order chi connectivity index (χ1) is 7.11. The Morgan fingerprint density at radius 3 is 2.80 bits per heavy atom. The van der Waals surface area contributed by atoms with Gasteiger partial charge in [-0.25, -0.2) is 4.98 Å². The van der Waals surface area contributed by atoms with E-state index in [1.165, 1.54) is 0 Å². The van der Waals surface area contributed by atoms with E-state index in [2.05, 4.69) is 25.9 Å². The van der Waals surface area contributed by atoms with Crippen LogP contribution in [0.2, 0.25) is 0 Å². The Morgan fingerprint density at radius 2 is 2.13 bits per heavy atom. The quantitative estimate of drug-likeness (QED) is 0.806. The standard InChI is InChI=1S/C11H11BrN2O/c1-6-3-10-9(4-8(6)5-12)11(15)14-7(2)13-10/h3-4H,5H2,1-2H3,(H,13,14,15). The van der Waals surface area contributed by atoms with Crippen molar-refractivity contribution >= 4 is 26.8 Å². The zero-order valence-electron chi connectivity index (χ0n) is 8.60. The number of aryl methyl sites for hydroxylation is 2. The molecule has 0 aliphatic heterocycles. The molecule has 1 heterocycles. The van der Waals surface area contributed by atoms with E-state index in [0.29, 0.717) is 11.2 Å². The maximum atomic E-state index is 11.7. The van der Waals surface area contributed by atoms with Crippen LogP contribution in [0.3, 0.4) is 0 Å². The molecule has 0 saturated heterocycles. The second-order valence-corrected chi connectivity index (χ2v) is 4.14. The predicted molar refractivity (Wildman–Crippen MR) is 64.5 cm³/mol. The maximum absolute atomic E-state index is 11.7. The van der Waals surface area contributed by atoms with Crippen molar-refractivity contribution in [2.45, 2.75) is 19.2 Å². The lowest BCUT2D eigenvalue weighted by Gasteiger charge is -2.04. The summed E-state index contributed by atoms with van der Waals surface area (Å²) >= 11 is 3.40. The van der Waals surface area contributed by atoms with Gasteiger partial charge in [0, 0.05) is 5.33 Å². The summed E-state index contributed by atoms with van der Waals surface area (Å²) in [5.41, 5.74) is 2.97. The highest BCUT2D eigenvalue weighted by atomic mass is 79.9. The highest BCUT2D eigenvalue weighted by Crippen LogP contribution is 2.17. The smallest absolute Gasteiger partial charge is 0.258 e. The summed E-state index contributed by atoms with van der Waals surface area (Å²) in [5.74, 6) is 0.651. The molecule has 0 unspecified atom stereocenters. The van der Waals surface area contributed by atoms with E-state index in [1.807, 2.05) is 19.1 Å². The highest BCUT2D eigenvalue weighted by molar-refractivity contribution is 9.08. The molecule has 0 atom stereocenters. The fourth-order valence-corrected chi connectivity index (χ4v) is 2.20. The molecule has 0 saturated carbocycles. The third-order valence-electron chi connectivity index (χ3n) is 2.43. The molecule has 15 heavy (non-hydrogen) atoms. The average molecular weight is 267 g/mol. The second-order valence-electron chi connectivity index (χ2n) is 3.58. The molecule has 78 valence electrons. The molecule has 0 fully saturated rings. The van der Waals surface area contributed by atoms with Crippen molar-refractivity contribution in [2.24, 2.45) is 0 Å². The van der Waals surface area contributed by atoms with Gasteiger partial charge in [0.05, 0.1) is 10.9 Å². The van der Waals surface area contributed by atoms with E-state index in [-0.39, 0.29) is 5.56 Å². The lowest BCUT2D eigenvalue weighted by atomic mass is 10.1. The van der Waals surface area contributed by atoms with Crippen LogP contribution in [-0.4, -0.2) is 9.97 Å². The number of benzene rings is 1. The van der Waals surface area contributed by atoms with Crippen LogP contribution in [0, 0.1) is 13.8 Å². The number of halogens is 1. The number of aromatic nitrogens is 2. The minimum Gasteiger partial charge on any atom is -0.310 e. The van der Waals surface area contributed by atoms with Gasteiger partial charge in [0.15, 0.2) is 0 Å². The third kappa shape index (κ3) is 1.81. The van der Waals surface area contributed by atoms with Crippen LogP contribution in [0.1, 0.15) is 17.0 Å². The molecule has 1 N–H and O–H groups in total. The van der Waals surface area contributed by atoms with E-state index < -0.39 is 0 Å². The summed E-state index contributed by atoms with van der Waals surface area (Å²) in [6.07, 6.45) is 0. The van der Waals surface area contributed by atoms with Gasteiger partial charge in [0.1, 0.15) is 5.82 Å². The zero-order valence-corrected chi connectivity index (χ0v) is 10.2. The summed E-state index contributed by atoms with van der Waals surface area (Å²) in [7, 11) is 0. The molecule has 0 radical (unpaired) electrons. The number of aromatic amines is 1. The lowest BCUT2D eigenvalue weighted by Crippen LogP contribution is -2.10. The number of rotatable bonds is 1. The van der Waals surface area contributed by atoms with Gasteiger partial charge in [-0.2, -0.15) is 0 Å². The lowest BCUT2D eigenvalue weighted by molar-refractivity contribution is 1.06. The average Bonchev–Trinajstić information content (AvgIpc) is 2.16. The maximum Gasteiger partial charge on any atom is 0.258 e. The number of fused-ring (bicyclic) bond motifs is 1. The topological polar surface area (TPSA) is 45.8 Å². The number of nitrogens with zero attached hydrogens (tertiary/aromatic N) is 1. The number of nitrogens with one attached hydrogen (secondary N) is 1. The van der Waals surface area contributed by atoms with Crippen molar-refractivity contribution in [1.82, 2.24) is 9.97 Å². The molecule has 3 nitrogen and oxygen atoms in total. The minimum atomic E-state index is -0.0697. The van der Waals surface area contributed by atoms with Crippen LogP contribution in [-0.2, 0) is 5.33 Å². The molecule has 0 aliphatic rings. The van der Waals surface area contributed by atoms with Crippen molar-refractivity contribution in [1.29, 1.82) is 0 Å². The van der Waals surface area contributed by atoms with E-state index in [1.54, 1.807) is 6.92 Å². The Kier molecular flexibility index (Phi) is 2.61. The normalized spacial score (nSPS) is 10.9. The highest BCUT2D eigenvalue weighted by Gasteiger charge is 2.05. The van der Waals surface area contributed by atoms with Crippen molar-refractivity contribution in [2.75, 3.05) is 0 Å². The monoisotopic (exact) mass is 266 g/mol. The Bertz CT molecular complexity index is 575. The summed E-state index contributed by atoms with van der Waals surface area (Å²) < 4.78 is 0. The molecule has 0 aliphatic carbocycles. The molecule has 0 amide bonds. The largest absolute Gasteiger partial charge is 0.310 e. The Morgan fingerprint density at radius 1 is 1.40 bits per heavy atom. The van der Waals surface area contributed by atoms with Crippen LogP contribution in [0.4, 0.5) is 0 Å². The van der Waals surface area contributed by atoms with Crippen molar-refractivity contribution in [3.63, 3.8) is 0 Å². The molecule has 1 aromatic heterocycles. The van der Waals surface area contributed by atoms with E-state index in [0.717, 1.165) is 22.0 Å². The number of hydrogen-bond donors (Lipinski definition) is 1. The zero-order chi connectivity index (χ0) is 11.0. The van der Waals surface area contributed by atoms with Crippen molar-refractivity contribution < 1.29 is 0 Å². The molecule has 1 aromatic carbocycles. The Hall–Kier alpha value is -1.16.